The number of hydrogen-bond acceptors (Lipinski definition) is 5. The highest BCUT2D eigenvalue weighted by molar-refractivity contribution is 7.09. The second-order valence-corrected chi connectivity index (χ2v) is 7.42. The molecule has 2 N–H and O–H groups in total. The Labute approximate surface area is 152 Å². The van der Waals surface area contributed by atoms with E-state index < -0.39 is 0 Å². The zero-order valence-corrected chi connectivity index (χ0v) is 14.9. The van der Waals surface area contributed by atoms with Gasteiger partial charge in [0.25, 0.3) is 0 Å². The van der Waals surface area contributed by atoms with Crippen LogP contribution in [0.1, 0.15) is 30.6 Å². The number of rotatable bonds is 6. The Morgan fingerprint density at radius 1 is 1.00 bits per heavy atom. The van der Waals surface area contributed by atoms with Gasteiger partial charge in [-0.15, -0.1) is 11.3 Å². The maximum Gasteiger partial charge on any atom is 0.225 e. The summed E-state index contributed by atoms with van der Waals surface area (Å²) in [6.45, 7) is 0.784. The molecule has 1 aliphatic rings. The highest BCUT2D eigenvalue weighted by Gasteiger charge is 2.16. The quantitative estimate of drug-likeness (QED) is 0.644. The average molecular weight is 350 g/mol. The van der Waals surface area contributed by atoms with Gasteiger partial charge in [0.15, 0.2) is 0 Å². The molecule has 1 aromatic carbocycles. The van der Waals surface area contributed by atoms with Crippen LogP contribution in [0.2, 0.25) is 0 Å². The molecule has 2 aromatic heterocycles. The standard InChI is InChI=1S/C20H22N4S/c1-2-7-15(8-3-1)18-13-19(21-14-17-11-6-12-25-17)24-20(23-18)22-16-9-4-5-10-16/h1-3,6-8,11-13,16H,4-5,9-10,14H2,(H2,21,22,23,24). The minimum Gasteiger partial charge on any atom is -0.365 e. The molecule has 0 spiro atoms. The van der Waals surface area contributed by atoms with Crippen LogP contribution in [0.3, 0.4) is 0 Å². The van der Waals surface area contributed by atoms with E-state index in [0.29, 0.717) is 6.04 Å². The Morgan fingerprint density at radius 3 is 2.60 bits per heavy atom. The first kappa shape index (κ1) is 16.1. The number of anilines is 2. The fourth-order valence-corrected chi connectivity index (χ4v) is 3.85. The van der Waals surface area contributed by atoms with Crippen LogP contribution in [0, 0.1) is 0 Å². The van der Waals surface area contributed by atoms with E-state index in [-0.39, 0.29) is 0 Å². The zero-order chi connectivity index (χ0) is 16.9. The largest absolute Gasteiger partial charge is 0.365 e. The summed E-state index contributed by atoms with van der Waals surface area (Å²) in [6, 6.07) is 17.0. The molecule has 0 aliphatic heterocycles. The van der Waals surface area contributed by atoms with Crippen molar-refractivity contribution in [3.8, 4) is 11.3 Å². The third kappa shape index (κ3) is 4.17. The SMILES string of the molecule is c1ccc(-c2cc(NCc3cccs3)nc(NC3CCCC3)n2)cc1. The van der Waals surface area contributed by atoms with Crippen molar-refractivity contribution in [3.63, 3.8) is 0 Å². The highest BCUT2D eigenvalue weighted by Crippen LogP contribution is 2.25. The van der Waals surface area contributed by atoms with Crippen molar-refractivity contribution in [3.05, 3.63) is 58.8 Å². The summed E-state index contributed by atoms with van der Waals surface area (Å²) in [6.07, 6.45) is 4.99. The molecular formula is C20H22N4S. The van der Waals surface area contributed by atoms with E-state index in [2.05, 4.69) is 40.3 Å². The third-order valence-electron chi connectivity index (χ3n) is 4.51. The molecule has 0 unspecified atom stereocenters. The minimum absolute atomic E-state index is 0.496. The van der Waals surface area contributed by atoms with Crippen LogP contribution in [0.4, 0.5) is 11.8 Å². The monoisotopic (exact) mass is 350 g/mol. The van der Waals surface area contributed by atoms with Crippen molar-refractivity contribution in [2.75, 3.05) is 10.6 Å². The molecule has 0 amide bonds. The van der Waals surface area contributed by atoms with Crippen molar-refractivity contribution in [2.45, 2.75) is 38.3 Å². The fraction of sp³-hybridized carbons (Fsp3) is 0.300. The number of aromatic nitrogens is 2. The van der Waals surface area contributed by atoms with Crippen molar-refractivity contribution >= 4 is 23.1 Å². The molecule has 3 aromatic rings. The lowest BCUT2D eigenvalue weighted by molar-refractivity contribution is 0.744. The molecule has 0 saturated heterocycles. The highest BCUT2D eigenvalue weighted by atomic mass is 32.1. The molecule has 128 valence electrons. The number of nitrogens with one attached hydrogen (secondary N) is 2. The molecule has 1 saturated carbocycles. The Morgan fingerprint density at radius 2 is 1.84 bits per heavy atom. The molecule has 4 nitrogen and oxygen atoms in total. The summed E-state index contributed by atoms with van der Waals surface area (Å²) < 4.78 is 0. The van der Waals surface area contributed by atoms with Gasteiger partial charge in [-0.1, -0.05) is 49.2 Å². The normalized spacial score (nSPS) is 14.6. The van der Waals surface area contributed by atoms with Crippen LogP contribution < -0.4 is 10.6 Å². The number of thiophene rings is 1. The molecule has 5 heteroatoms. The second kappa shape index (κ2) is 7.66. The van der Waals surface area contributed by atoms with Crippen molar-refractivity contribution < 1.29 is 0 Å². The molecule has 4 rings (SSSR count). The van der Waals surface area contributed by atoms with Crippen LogP contribution in [-0.2, 0) is 6.54 Å². The molecule has 1 fully saturated rings. The summed E-state index contributed by atoms with van der Waals surface area (Å²) in [5.41, 5.74) is 2.06. The maximum atomic E-state index is 4.75. The van der Waals surface area contributed by atoms with Crippen LogP contribution in [0.25, 0.3) is 11.3 Å². The minimum atomic E-state index is 0.496. The lowest BCUT2D eigenvalue weighted by atomic mass is 10.1. The van der Waals surface area contributed by atoms with E-state index in [1.165, 1.54) is 30.6 Å². The molecule has 2 heterocycles. The zero-order valence-electron chi connectivity index (χ0n) is 14.1. The summed E-state index contributed by atoms with van der Waals surface area (Å²) in [5.74, 6) is 1.59. The Kier molecular flexibility index (Phi) is 4.93. The first-order valence-electron chi connectivity index (χ1n) is 8.84. The van der Waals surface area contributed by atoms with Crippen molar-refractivity contribution in [2.24, 2.45) is 0 Å². The van der Waals surface area contributed by atoms with Gasteiger partial charge in [0.1, 0.15) is 5.82 Å². The van der Waals surface area contributed by atoms with E-state index in [4.69, 9.17) is 9.97 Å². The Hall–Kier alpha value is -2.40. The first-order chi connectivity index (χ1) is 12.4. The molecule has 25 heavy (non-hydrogen) atoms. The molecule has 0 bridgehead atoms. The number of benzene rings is 1. The van der Waals surface area contributed by atoms with Gasteiger partial charge in [0.2, 0.25) is 5.95 Å². The smallest absolute Gasteiger partial charge is 0.225 e. The first-order valence-corrected chi connectivity index (χ1v) is 9.72. The van der Waals surface area contributed by atoms with Gasteiger partial charge in [-0.25, -0.2) is 4.98 Å². The predicted octanol–water partition coefficient (Wildman–Crippen LogP) is 5.17. The summed E-state index contributed by atoms with van der Waals surface area (Å²) in [4.78, 5) is 10.7. The molecule has 0 atom stereocenters. The fourth-order valence-electron chi connectivity index (χ4n) is 3.20. The number of nitrogens with zero attached hydrogens (tertiary/aromatic N) is 2. The van der Waals surface area contributed by atoms with Gasteiger partial charge >= 0.3 is 0 Å². The summed E-state index contributed by atoms with van der Waals surface area (Å²) in [7, 11) is 0. The van der Waals surface area contributed by atoms with Crippen LogP contribution >= 0.6 is 11.3 Å². The third-order valence-corrected chi connectivity index (χ3v) is 5.38. The van der Waals surface area contributed by atoms with Gasteiger partial charge in [-0.3, -0.25) is 0 Å². The van der Waals surface area contributed by atoms with Crippen molar-refractivity contribution in [1.29, 1.82) is 0 Å². The van der Waals surface area contributed by atoms with Gasteiger partial charge in [-0.2, -0.15) is 4.98 Å². The van der Waals surface area contributed by atoms with Crippen LogP contribution in [0.5, 0.6) is 0 Å². The van der Waals surface area contributed by atoms with Gasteiger partial charge < -0.3 is 10.6 Å². The van der Waals surface area contributed by atoms with E-state index in [1.54, 1.807) is 11.3 Å². The maximum absolute atomic E-state index is 4.75. The average Bonchev–Trinajstić information content (AvgIpc) is 3.34. The number of hydrogen-bond donors (Lipinski definition) is 2. The van der Waals surface area contributed by atoms with Gasteiger partial charge in [0.05, 0.1) is 12.2 Å². The van der Waals surface area contributed by atoms with Crippen molar-refractivity contribution in [1.82, 2.24) is 9.97 Å². The molecule has 1 aliphatic carbocycles. The van der Waals surface area contributed by atoms with Crippen LogP contribution in [0.15, 0.2) is 53.9 Å². The Balaban J connectivity index is 1.59. The lowest BCUT2D eigenvalue weighted by Gasteiger charge is -2.15. The Bertz CT molecular complexity index is 796. The predicted molar refractivity (Wildman–Crippen MR) is 105 cm³/mol. The summed E-state index contributed by atoms with van der Waals surface area (Å²) >= 11 is 1.75. The van der Waals surface area contributed by atoms with Gasteiger partial charge in [-0.05, 0) is 24.3 Å². The van der Waals surface area contributed by atoms with Crippen LogP contribution in [-0.4, -0.2) is 16.0 Å². The molecular weight excluding hydrogens is 328 g/mol. The summed E-state index contributed by atoms with van der Waals surface area (Å²) in [5, 5.41) is 9.06. The van der Waals surface area contributed by atoms with E-state index in [1.807, 2.05) is 24.3 Å². The second-order valence-electron chi connectivity index (χ2n) is 6.39. The topological polar surface area (TPSA) is 49.8 Å². The lowest BCUT2D eigenvalue weighted by Crippen LogP contribution is -2.17. The van der Waals surface area contributed by atoms with E-state index >= 15 is 0 Å². The van der Waals surface area contributed by atoms with E-state index in [0.717, 1.165) is 29.6 Å². The van der Waals surface area contributed by atoms with Gasteiger partial charge in [0, 0.05) is 22.5 Å². The molecule has 0 radical (unpaired) electrons. The van der Waals surface area contributed by atoms with E-state index in [9.17, 15) is 0 Å².